The Morgan fingerprint density at radius 2 is 2.19 bits per heavy atom. The van der Waals surface area contributed by atoms with Crippen molar-refractivity contribution in [2.45, 2.75) is 51.2 Å². The maximum absolute atomic E-state index is 12.6. The fourth-order valence-corrected chi connectivity index (χ4v) is 3.21. The quantitative estimate of drug-likeness (QED) is 0.898. The first-order valence-corrected chi connectivity index (χ1v) is 8.09. The lowest BCUT2D eigenvalue weighted by Crippen LogP contribution is -2.50. The van der Waals surface area contributed by atoms with Crippen molar-refractivity contribution in [2.75, 3.05) is 11.4 Å². The summed E-state index contributed by atoms with van der Waals surface area (Å²) in [6.07, 6.45) is 5.47. The number of halogens is 1. The van der Waals surface area contributed by atoms with Crippen LogP contribution in [0.4, 0.5) is 10.5 Å². The van der Waals surface area contributed by atoms with Crippen LogP contribution in [0.5, 0.6) is 5.75 Å². The summed E-state index contributed by atoms with van der Waals surface area (Å²) in [5, 5.41) is 3.76. The lowest BCUT2D eigenvalue weighted by Gasteiger charge is -2.35. The average Bonchev–Trinajstić information content (AvgIpc) is 2.99. The lowest BCUT2D eigenvalue weighted by molar-refractivity contribution is 0.185. The van der Waals surface area contributed by atoms with Crippen LogP contribution < -0.4 is 15.0 Å². The fourth-order valence-electron chi connectivity index (χ4n) is 3.05. The number of nitrogens with one attached hydrogen (secondary N) is 1. The third-order valence-corrected chi connectivity index (χ3v) is 4.51. The number of amides is 2. The van der Waals surface area contributed by atoms with Crippen molar-refractivity contribution in [2.24, 2.45) is 0 Å². The molecule has 2 amide bonds. The van der Waals surface area contributed by atoms with E-state index in [1.54, 1.807) is 17.0 Å². The zero-order valence-corrected chi connectivity index (χ0v) is 13.0. The third kappa shape index (κ3) is 3.10. The van der Waals surface area contributed by atoms with Gasteiger partial charge in [-0.05, 0) is 37.5 Å². The van der Waals surface area contributed by atoms with Gasteiger partial charge in [0.25, 0.3) is 0 Å². The van der Waals surface area contributed by atoms with Crippen molar-refractivity contribution < 1.29 is 9.53 Å². The number of ether oxygens (including phenoxy) is 1. The topological polar surface area (TPSA) is 41.6 Å². The molecule has 0 saturated heterocycles. The van der Waals surface area contributed by atoms with Crippen LogP contribution in [0.3, 0.4) is 0 Å². The van der Waals surface area contributed by atoms with Gasteiger partial charge in [0.2, 0.25) is 0 Å². The molecule has 1 aliphatic heterocycles. The highest BCUT2D eigenvalue weighted by atomic mass is 35.5. The van der Waals surface area contributed by atoms with Crippen LogP contribution >= 0.6 is 11.6 Å². The molecule has 1 unspecified atom stereocenters. The monoisotopic (exact) mass is 308 g/mol. The summed E-state index contributed by atoms with van der Waals surface area (Å²) in [5.41, 5.74) is 0.766. The first-order chi connectivity index (χ1) is 10.2. The zero-order valence-electron chi connectivity index (χ0n) is 12.3. The molecule has 1 heterocycles. The van der Waals surface area contributed by atoms with Crippen LogP contribution in [-0.2, 0) is 0 Å². The maximum Gasteiger partial charge on any atom is 0.322 e. The molecule has 21 heavy (non-hydrogen) atoms. The van der Waals surface area contributed by atoms with Gasteiger partial charge in [0, 0.05) is 11.1 Å². The summed E-state index contributed by atoms with van der Waals surface area (Å²) in [4.78, 5) is 14.4. The minimum absolute atomic E-state index is 0.0350. The van der Waals surface area contributed by atoms with Gasteiger partial charge in [0.05, 0.1) is 12.2 Å². The molecule has 0 radical (unpaired) electrons. The summed E-state index contributed by atoms with van der Waals surface area (Å²) < 4.78 is 5.91. The van der Waals surface area contributed by atoms with Crippen LogP contribution in [0.15, 0.2) is 18.2 Å². The molecule has 3 rings (SSSR count). The molecule has 114 valence electrons. The number of urea groups is 1. The number of hydrogen-bond acceptors (Lipinski definition) is 2. The van der Waals surface area contributed by atoms with Crippen LogP contribution in [-0.4, -0.2) is 24.7 Å². The fraction of sp³-hybridized carbons (Fsp3) is 0.562. The Balaban J connectivity index is 1.82. The molecule has 1 fully saturated rings. The van der Waals surface area contributed by atoms with E-state index >= 15 is 0 Å². The predicted octanol–water partition coefficient (Wildman–Crippen LogP) is 3.97. The molecule has 4 nitrogen and oxygen atoms in total. The standard InChI is InChI=1S/C16H21ClN2O2/c1-2-13-10-19(16(20)18-12-5-3-4-6-12)14-9-11(17)7-8-15(14)21-13/h7-9,12-13H,2-6,10H2,1H3,(H,18,20). The number of anilines is 1. The Labute approximate surface area is 130 Å². The second-order valence-corrected chi connectivity index (χ2v) is 6.24. The zero-order chi connectivity index (χ0) is 14.8. The van der Waals surface area contributed by atoms with E-state index in [1.165, 1.54) is 12.8 Å². The first-order valence-electron chi connectivity index (χ1n) is 7.71. The number of carbonyl (C=O) groups excluding carboxylic acids is 1. The summed E-state index contributed by atoms with van der Waals surface area (Å²) in [5.74, 6) is 0.735. The maximum atomic E-state index is 12.6. The van der Waals surface area contributed by atoms with E-state index in [2.05, 4.69) is 12.2 Å². The Kier molecular flexibility index (Phi) is 4.24. The summed E-state index contributed by atoms with van der Waals surface area (Å²) in [7, 11) is 0. The highest BCUT2D eigenvalue weighted by molar-refractivity contribution is 6.31. The molecular formula is C16H21ClN2O2. The van der Waals surface area contributed by atoms with Gasteiger partial charge in [-0.15, -0.1) is 0 Å². The number of carbonyl (C=O) groups is 1. The van der Waals surface area contributed by atoms with Crippen molar-refractivity contribution in [1.29, 1.82) is 0 Å². The van der Waals surface area contributed by atoms with Crippen molar-refractivity contribution in [3.05, 3.63) is 23.2 Å². The molecular weight excluding hydrogens is 288 g/mol. The van der Waals surface area contributed by atoms with Crippen LogP contribution in [0.25, 0.3) is 0 Å². The van der Waals surface area contributed by atoms with Gasteiger partial charge in [0.1, 0.15) is 11.9 Å². The van der Waals surface area contributed by atoms with Gasteiger partial charge >= 0.3 is 6.03 Å². The van der Waals surface area contributed by atoms with Gasteiger partial charge in [-0.25, -0.2) is 4.79 Å². The number of fused-ring (bicyclic) bond motifs is 1. The van der Waals surface area contributed by atoms with E-state index in [4.69, 9.17) is 16.3 Å². The van der Waals surface area contributed by atoms with E-state index in [1.807, 2.05) is 6.07 Å². The predicted molar refractivity (Wildman–Crippen MR) is 84.3 cm³/mol. The van der Waals surface area contributed by atoms with E-state index in [0.29, 0.717) is 17.6 Å². The molecule has 5 heteroatoms. The van der Waals surface area contributed by atoms with Gasteiger partial charge in [-0.1, -0.05) is 31.4 Å². The highest BCUT2D eigenvalue weighted by Crippen LogP contribution is 2.36. The van der Waals surface area contributed by atoms with Crippen LogP contribution in [0.2, 0.25) is 5.02 Å². The van der Waals surface area contributed by atoms with Gasteiger partial charge < -0.3 is 10.1 Å². The lowest BCUT2D eigenvalue weighted by atomic mass is 10.1. The van der Waals surface area contributed by atoms with Crippen LogP contribution in [0, 0.1) is 0 Å². The average molecular weight is 309 g/mol. The molecule has 0 bridgehead atoms. The van der Waals surface area contributed by atoms with Crippen molar-refractivity contribution in [3.63, 3.8) is 0 Å². The van der Waals surface area contributed by atoms with Gasteiger partial charge in [-0.2, -0.15) is 0 Å². The van der Waals surface area contributed by atoms with Crippen molar-refractivity contribution in [1.82, 2.24) is 5.32 Å². The van der Waals surface area contributed by atoms with Crippen molar-refractivity contribution >= 4 is 23.3 Å². The molecule has 0 aromatic heterocycles. The van der Waals surface area contributed by atoms with Gasteiger partial charge in [-0.3, -0.25) is 4.90 Å². The molecule has 1 saturated carbocycles. The molecule has 1 N–H and O–H groups in total. The Morgan fingerprint density at radius 1 is 1.43 bits per heavy atom. The smallest absolute Gasteiger partial charge is 0.322 e. The minimum atomic E-state index is -0.0350. The van der Waals surface area contributed by atoms with E-state index < -0.39 is 0 Å². The van der Waals surface area contributed by atoms with E-state index in [0.717, 1.165) is 30.7 Å². The molecule has 1 aliphatic carbocycles. The second-order valence-electron chi connectivity index (χ2n) is 5.80. The second kappa shape index (κ2) is 6.14. The molecule has 1 aromatic rings. The number of benzene rings is 1. The summed E-state index contributed by atoms with van der Waals surface area (Å²) in [6, 6.07) is 5.72. The number of hydrogen-bond donors (Lipinski definition) is 1. The minimum Gasteiger partial charge on any atom is -0.486 e. The largest absolute Gasteiger partial charge is 0.486 e. The molecule has 0 spiro atoms. The molecule has 1 aromatic carbocycles. The Bertz CT molecular complexity index is 529. The normalized spacial score (nSPS) is 21.8. The highest BCUT2D eigenvalue weighted by Gasteiger charge is 2.30. The van der Waals surface area contributed by atoms with Gasteiger partial charge in [0.15, 0.2) is 0 Å². The Morgan fingerprint density at radius 3 is 2.90 bits per heavy atom. The summed E-state index contributed by atoms with van der Waals surface area (Å²) >= 11 is 6.07. The Hall–Kier alpha value is -1.42. The summed E-state index contributed by atoms with van der Waals surface area (Å²) in [6.45, 7) is 2.64. The van der Waals surface area contributed by atoms with Crippen LogP contribution in [0.1, 0.15) is 39.0 Å². The van der Waals surface area contributed by atoms with Crippen molar-refractivity contribution in [3.8, 4) is 5.75 Å². The third-order valence-electron chi connectivity index (χ3n) is 4.27. The van der Waals surface area contributed by atoms with E-state index in [-0.39, 0.29) is 12.1 Å². The number of nitrogens with zero attached hydrogens (tertiary/aromatic N) is 1. The van der Waals surface area contributed by atoms with E-state index in [9.17, 15) is 4.79 Å². The number of rotatable bonds is 2. The molecule has 1 atom stereocenters. The first kappa shape index (κ1) is 14.5. The SMILES string of the molecule is CCC1CN(C(=O)NC2CCCC2)c2cc(Cl)ccc2O1. The molecule has 2 aliphatic rings.